The van der Waals surface area contributed by atoms with Crippen LogP contribution in [0.25, 0.3) is 0 Å². The lowest BCUT2D eigenvalue weighted by molar-refractivity contribution is 0.111. The van der Waals surface area contributed by atoms with Crippen LogP contribution in [0.15, 0.2) is 24.3 Å². The predicted molar refractivity (Wildman–Crippen MR) is 63.8 cm³/mol. The Bertz CT molecular complexity index is 284. The summed E-state index contributed by atoms with van der Waals surface area (Å²) in [6.07, 6.45) is 0. The molecule has 0 saturated carbocycles. The van der Waals surface area contributed by atoms with Gasteiger partial charge >= 0.3 is 0 Å². The Morgan fingerprint density at radius 1 is 1.25 bits per heavy atom. The Kier molecular flexibility index (Phi) is 6.04. The molecule has 0 aliphatic rings. The molecule has 1 N–H and O–H groups in total. The number of benzene rings is 1. The van der Waals surface area contributed by atoms with Crippen molar-refractivity contribution in [3.05, 3.63) is 35.6 Å². The molecule has 0 unspecified atom stereocenters. The van der Waals surface area contributed by atoms with Crippen LogP contribution in [0.1, 0.15) is 19.4 Å². The van der Waals surface area contributed by atoms with Crippen LogP contribution in [-0.4, -0.2) is 19.8 Å². The van der Waals surface area contributed by atoms with Gasteiger partial charge in [-0.05, 0) is 23.6 Å². The second kappa shape index (κ2) is 7.36. The third-order valence-corrected chi connectivity index (χ3v) is 2.12. The number of hydrogen-bond acceptors (Lipinski definition) is 2. The lowest BCUT2D eigenvalue weighted by atomic mass is 10.2. The first-order valence-electron chi connectivity index (χ1n) is 5.71. The quantitative estimate of drug-likeness (QED) is 0.720. The first-order valence-corrected chi connectivity index (χ1v) is 5.71. The fourth-order valence-corrected chi connectivity index (χ4v) is 1.30. The molecule has 2 nitrogen and oxygen atoms in total. The van der Waals surface area contributed by atoms with Crippen molar-refractivity contribution in [3.63, 3.8) is 0 Å². The molecule has 0 aromatic heterocycles. The highest BCUT2D eigenvalue weighted by molar-refractivity contribution is 5.15. The molecule has 0 amide bonds. The van der Waals surface area contributed by atoms with Gasteiger partial charge in [-0.2, -0.15) is 0 Å². The minimum atomic E-state index is -0.191. The van der Waals surface area contributed by atoms with Crippen molar-refractivity contribution in [2.45, 2.75) is 20.4 Å². The molecule has 0 saturated heterocycles. The fourth-order valence-electron chi connectivity index (χ4n) is 1.30. The van der Waals surface area contributed by atoms with Crippen molar-refractivity contribution in [1.82, 2.24) is 5.32 Å². The molecule has 0 bridgehead atoms. The van der Waals surface area contributed by atoms with E-state index in [2.05, 4.69) is 19.2 Å². The molecule has 3 heteroatoms. The molecule has 0 aliphatic carbocycles. The molecule has 1 aromatic carbocycles. The molecular weight excluding hydrogens is 205 g/mol. The summed E-state index contributed by atoms with van der Waals surface area (Å²) in [6.45, 7) is 7.37. The highest BCUT2D eigenvalue weighted by atomic mass is 19.1. The average molecular weight is 225 g/mol. The van der Waals surface area contributed by atoms with Crippen molar-refractivity contribution in [3.8, 4) is 0 Å². The van der Waals surface area contributed by atoms with Gasteiger partial charge in [-0.1, -0.05) is 26.0 Å². The van der Waals surface area contributed by atoms with E-state index in [1.807, 2.05) is 0 Å². The first-order chi connectivity index (χ1) is 7.68. The van der Waals surface area contributed by atoms with Crippen LogP contribution < -0.4 is 5.32 Å². The fraction of sp³-hybridized carbons (Fsp3) is 0.538. The van der Waals surface area contributed by atoms with Gasteiger partial charge in [0, 0.05) is 19.7 Å². The van der Waals surface area contributed by atoms with Crippen molar-refractivity contribution in [2.75, 3.05) is 19.8 Å². The molecule has 0 heterocycles. The SMILES string of the molecule is CC(C)COCCNCc1ccc(F)cc1. The van der Waals surface area contributed by atoms with Gasteiger partial charge in [-0.15, -0.1) is 0 Å². The maximum Gasteiger partial charge on any atom is 0.123 e. The molecule has 0 fully saturated rings. The highest BCUT2D eigenvalue weighted by Gasteiger charge is 1.95. The van der Waals surface area contributed by atoms with Crippen molar-refractivity contribution in [1.29, 1.82) is 0 Å². The number of rotatable bonds is 7. The molecule has 0 aliphatic heterocycles. The van der Waals surface area contributed by atoms with Crippen molar-refractivity contribution in [2.24, 2.45) is 5.92 Å². The summed E-state index contributed by atoms with van der Waals surface area (Å²) >= 11 is 0. The molecule has 1 rings (SSSR count). The molecule has 0 spiro atoms. The van der Waals surface area contributed by atoms with Gasteiger partial charge in [0.05, 0.1) is 6.61 Å². The van der Waals surface area contributed by atoms with Crippen LogP contribution in [0.4, 0.5) is 4.39 Å². The summed E-state index contributed by atoms with van der Waals surface area (Å²) in [5, 5.41) is 3.25. The van der Waals surface area contributed by atoms with E-state index in [4.69, 9.17) is 4.74 Å². The summed E-state index contributed by atoms with van der Waals surface area (Å²) in [5.74, 6) is 0.390. The number of nitrogens with one attached hydrogen (secondary N) is 1. The largest absolute Gasteiger partial charge is 0.380 e. The van der Waals surface area contributed by atoms with Crippen molar-refractivity contribution >= 4 is 0 Å². The van der Waals surface area contributed by atoms with Gasteiger partial charge in [0.1, 0.15) is 5.82 Å². The number of ether oxygens (including phenoxy) is 1. The minimum Gasteiger partial charge on any atom is -0.380 e. The summed E-state index contributed by atoms with van der Waals surface area (Å²) < 4.78 is 18.0. The summed E-state index contributed by atoms with van der Waals surface area (Å²) in [7, 11) is 0. The summed E-state index contributed by atoms with van der Waals surface area (Å²) in [6, 6.07) is 6.53. The van der Waals surface area contributed by atoms with Gasteiger partial charge in [0.2, 0.25) is 0 Å². The molecule has 0 atom stereocenters. The third-order valence-electron chi connectivity index (χ3n) is 2.12. The van der Waals surface area contributed by atoms with E-state index >= 15 is 0 Å². The third kappa shape index (κ3) is 5.83. The van der Waals surface area contributed by atoms with E-state index in [9.17, 15) is 4.39 Å². The zero-order chi connectivity index (χ0) is 11.8. The second-order valence-corrected chi connectivity index (χ2v) is 4.27. The molecule has 90 valence electrons. The van der Waals surface area contributed by atoms with Gasteiger partial charge < -0.3 is 10.1 Å². The van der Waals surface area contributed by atoms with Crippen LogP contribution in [-0.2, 0) is 11.3 Å². The van der Waals surface area contributed by atoms with Crippen LogP contribution in [0.5, 0.6) is 0 Å². The Morgan fingerprint density at radius 3 is 2.56 bits per heavy atom. The lowest BCUT2D eigenvalue weighted by Crippen LogP contribution is -2.20. The minimum absolute atomic E-state index is 0.191. The van der Waals surface area contributed by atoms with E-state index in [-0.39, 0.29) is 5.82 Å². The normalized spacial score (nSPS) is 11.0. The number of hydrogen-bond donors (Lipinski definition) is 1. The summed E-state index contributed by atoms with van der Waals surface area (Å²) in [5.41, 5.74) is 1.09. The first kappa shape index (κ1) is 13.1. The molecular formula is C13H20FNO. The number of halogens is 1. The predicted octanol–water partition coefficient (Wildman–Crippen LogP) is 2.59. The Hall–Kier alpha value is -0.930. The van der Waals surface area contributed by atoms with E-state index in [1.165, 1.54) is 12.1 Å². The van der Waals surface area contributed by atoms with Gasteiger partial charge in [-0.3, -0.25) is 0 Å². The van der Waals surface area contributed by atoms with Crippen LogP contribution in [0.3, 0.4) is 0 Å². The highest BCUT2D eigenvalue weighted by Crippen LogP contribution is 2.01. The topological polar surface area (TPSA) is 21.3 Å². The Balaban J connectivity index is 2.05. The van der Waals surface area contributed by atoms with Gasteiger partial charge in [-0.25, -0.2) is 4.39 Å². The Labute approximate surface area is 96.8 Å². The smallest absolute Gasteiger partial charge is 0.123 e. The molecule has 16 heavy (non-hydrogen) atoms. The van der Waals surface area contributed by atoms with Gasteiger partial charge in [0.15, 0.2) is 0 Å². The van der Waals surface area contributed by atoms with E-state index in [1.54, 1.807) is 12.1 Å². The lowest BCUT2D eigenvalue weighted by Gasteiger charge is -2.08. The van der Waals surface area contributed by atoms with E-state index in [0.717, 1.165) is 31.9 Å². The van der Waals surface area contributed by atoms with Crippen LogP contribution >= 0.6 is 0 Å². The van der Waals surface area contributed by atoms with Crippen molar-refractivity contribution < 1.29 is 9.13 Å². The van der Waals surface area contributed by atoms with E-state index < -0.39 is 0 Å². The zero-order valence-electron chi connectivity index (χ0n) is 10.0. The van der Waals surface area contributed by atoms with Crippen LogP contribution in [0.2, 0.25) is 0 Å². The van der Waals surface area contributed by atoms with E-state index in [0.29, 0.717) is 5.92 Å². The maximum absolute atomic E-state index is 12.6. The van der Waals surface area contributed by atoms with Gasteiger partial charge in [0.25, 0.3) is 0 Å². The summed E-state index contributed by atoms with van der Waals surface area (Å²) in [4.78, 5) is 0. The monoisotopic (exact) mass is 225 g/mol. The maximum atomic E-state index is 12.6. The second-order valence-electron chi connectivity index (χ2n) is 4.27. The average Bonchev–Trinajstić information content (AvgIpc) is 2.25. The molecule has 0 radical (unpaired) electrons. The zero-order valence-corrected chi connectivity index (χ0v) is 10.0. The Morgan fingerprint density at radius 2 is 1.94 bits per heavy atom. The standard InChI is InChI=1S/C13H20FNO/c1-11(2)10-16-8-7-15-9-12-3-5-13(14)6-4-12/h3-6,11,15H,7-10H2,1-2H3. The van der Waals surface area contributed by atoms with Crippen LogP contribution in [0, 0.1) is 11.7 Å². The molecule has 1 aromatic rings.